The van der Waals surface area contributed by atoms with Crippen LogP contribution in [0.3, 0.4) is 0 Å². The van der Waals surface area contributed by atoms with Gasteiger partial charge in [-0.1, -0.05) is 64.1 Å². The van der Waals surface area contributed by atoms with Gasteiger partial charge in [-0.05, 0) is 18.2 Å². The summed E-state index contributed by atoms with van der Waals surface area (Å²) in [5.74, 6) is -0.196. The lowest BCUT2D eigenvalue weighted by Crippen LogP contribution is -1.84. The molecule has 0 radical (unpaired) electrons. The van der Waals surface area contributed by atoms with Crippen LogP contribution in [0.15, 0.2) is 24.3 Å². The van der Waals surface area contributed by atoms with E-state index in [2.05, 4.69) is 0 Å². The molecule has 2 aromatic carbocycles. The molecule has 1 N–H and O–H groups in total. The standard InChI is InChI=1S/C12H5Cl5O/c13-7-2-1-5(11(17)12(7)18)6-3-9(15)10(16)4-8(6)14/h1-4,18H. The molecule has 1 nitrogen and oxygen atoms in total. The summed E-state index contributed by atoms with van der Waals surface area (Å²) in [7, 11) is 0. The molecule has 0 atom stereocenters. The van der Waals surface area contributed by atoms with Gasteiger partial charge in [0.05, 0.1) is 25.1 Å². The van der Waals surface area contributed by atoms with E-state index in [-0.39, 0.29) is 15.8 Å². The van der Waals surface area contributed by atoms with Crippen LogP contribution < -0.4 is 0 Å². The van der Waals surface area contributed by atoms with Crippen LogP contribution in [0, 0.1) is 0 Å². The third-order valence-corrected chi connectivity index (χ3v) is 4.09. The molecule has 0 amide bonds. The number of benzene rings is 2. The average Bonchev–Trinajstić information content (AvgIpc) is 2.32. The topological polar surface area (TPSA) is 20.2 Å². The fourth-order valence-corrected chi connectivity index (χ4v) is 2.60. The third-order valence-electron chi connectivity index (χ3n) is 2.37. The predicted molar refractivity (Wildman–Crippen MR) is 78.6 cm³/mol. The highest BCUT2D eigenvalue weighted by Crippen LogP contribution is 2.43. The summed E-state index contributed by atoms with van der Waals surface area (Å²) in [5.41, 5.74) is 1.10. The van der Waals surface area contributed by atoms with Crippen molar-refractivity contribution in [2.75, 3.05) is 0 Å². The Morgan fingerprint density at radius 1 is 0.667 bits per heavy atom. The summed E-state index contributed by atoms with van der Waals surface area (Å²) in [6.07, 6.45) is 0. The van der Waals surface area contributed by atoms with Gasteiger partial charge in [0, 0.05) is 11.1 Å². The number of hydrogen-bond donors (Lipinski definition) is 1. The smallest absolute Gasteiger partial charge is 0.153 e. The molecule has 0 unspecified atom stereocenters. The van der Waals surface area contributed by atoms with E-state index in [1.807, 2.05) is 0 Å². The highest BCUT2D eigenvalue weighted by Gasteiger charge is 2.15. The molecule has 2 rings (SSSR count). The van der Waals surface area contributed by atoms with Crippen molar-refractivity contribution >= 4 is 58.0 Å². The van der Waals surface area contributed by atoms with E-state index in [1.165, 1.54) is 12.1 Å². The summed E-state index contributed by atoms with van der Waals surface area (Å²) < 4.78 is 0. The minimum atomic E-state index is -0.196. The molecule has 0 aliphatic carbocycles. The van der Waals surface area contributed by atoms with Crippen LogP contribution in [0.4, 0.5) is 0 Å². The first kappa shape index (κ1) is 14.1. The normalized spacial score (nSPS) is 10.7. The van der Waals surface area contributed by atoms with Crippen LogP contribution in [0.25, 0.3) is 11.1 Å². The highest BCUT2D eigenvalue weighted by atomic mass is 35.5. The lowest BCUT2D eigenvalue weighted by Gasteiger charge is -2.10. The summed E-state index contributed by atoms with van der Waals surface area (Å²) in [4.78, 5) is 0. The fourth-order valence-electron chi connectivity index (χ4n) is 1.48. The van der Waals surface area contributed by atoms with E-state index < -0.39 is 0 Å². The van der Waals surface area contributed by atoms with Crippen molar-refractivity contribution < 1.29 is 5.11 Å². The van der Waals surface area contributed by atoms with E-state index >= 15 is 0 Å². The Kier molecular flexibility index (Phi) is 4.20. The zero-order chi connectivity index (χ0) is 13.4. The maximum Gasteiger partial charge on any atom is 0.153 e. The van der Waals surface area contributed by atoms with Gasteiger partial charge in [0.25, 0.3) is 0 Å². The van der Waals surface area contributed by atoms with Crippen molar-refractivity contribution in [1.82, 2.24) is 0 Å². The van der Waals surface area contributed by atoms with E-state index in [0.29, 0.717) is 26.2 Å². The number of phenols is 1. The Labute approximate surface area is 129 Å². The first-order valence-corrected chi connectivity index (χ1v) is 6.62. The maximum absolute atomic E-state index is 9.70. The van der Waals surface area contributed by atoms with Gasteiger partial charge in [0.15, 0.2) is 5.75 Å². The number of hydrogen-bond acceptors (Lipinski definition) is 1. The summed E-state index contributed by atoms with van der Waals surface area (Å²) >= 11 is 29.7. The average molecular weight is 342 g/mol. The second kappa shape index (κ2) is 5.36. The fraction of sp³-hybridized carbons (Fsp3) is 0. The van der Waals surface area contributed by atoms with Crippen LogP contribution in [0.1, 0.15) is 0 Å². The van der Waals surface area contributed by atoms with Gasteiger partial charge in [-0.2, -0.15) is 0 Å². The van der Waals surface area contributed by atoms with Crippen LogP contribution in [-0.2, 0) is 0 Å². The largest absolute Gasteiger partial charge is 0.505 e. The van der Waals surface area contributed by atoms with Crippen molar-refractivity contribution in [3.63, 3.8) is 0 Å². The van der Waals surface area contributed by atoms with Crippen LogP contribution in [0.2, 0.25) is 25.1 Å². The van der Waals surface area contributed by atoms with Gasteiger partial charge in [0.1, 0.15) is 0 Å². The second-order valence-corrected chi connectivity index (χ2v) is 5.51. The summed E-state index contributed by atoms with van der Waals surface area (Å²) in [6.45, 7) is 0. The first-order valence-electron chi connectivity index (χ1n) is 4.73. The van der Waals surface area contributed by atoms with E-state index in [1.54, 1.807) is 12.1 Å². The lowest BCUT2D eigenvalue weighted by molar-refractivity contribution is 0.476. The van der Waals surface area contributed by atoms with Crippen molar-refractivity contribution in [3.05, 3.63) is 49.4 Å². The molecule has 0 spiro atoms. The maximum atomic E-state index is 9.70. The number of rotatable bonds is 1. The van der Waals surface area contributed by atoms with Crippen LogP contribution in [-0.4, -0.2) is 5.11 Å². The Bertz CT molecular complexity index is 624. The van der Waals surface area contributed by atoms with Crippen molar-refractivity contribution in [1.29, 1.82) is 0 Å². The van der Waals surface area contributed by atoms with Gasteiger partial charge in [0.2, 0.25) is 0 Å². The summed E-state index contributed by atoms with van der Waals surface area (Å²) in [6, 6.07) is 6.27. The number of halogens is 5. The molecular weight excluding hydrogens is 337 g/mol. The molecule has 6 heteroatoms. The van der Waals surface area contributed by atoms with Gasteiger partial charge >= 0.3 is 0 Å². The molecule has 0 fully saturated rings. The molecule has 0 aromatic heterocycles. The van der Waals surface area contributed by atoms with Gasteiger partial charge in [-0.25, -0.2) is 0 Å². The van der Waals surface area contributed by atoms with Crippen molar-refractivity contribution in [3.8, 4) is 16.9 Å². The Hall–Kier alpha value is -0.310. The predicted octanol–water partition coefficient (Wildman–Crippen LogP) is 6.33. The molecule has 0 heterocycles. The zero-order valence-corrected chi connectivity index (χ0v) is 12.4. The van der Waals surface area contributed by atoms with E-state index in [9.17, 15) is 5.11 Å². The summed E-state index contributed by atoms with van der Waals surface area (Å²) in [5, 5.41) is 11.1. The lowest BCUT2D eigenvalue weighted by atomic mass is 10.1. The molecular formula is C12H5Cl5O. The van der Waals surface area contributed by atoms with Gasteiger partial charge < -0.3 is 5.11 Å². The van der Waals surface area contributed by atoms with Crippen LogP contribution in [0.5, 0.6) is 5.75 Å². The van der Waals surface area contributed by atoms with Crippen LogP contribution >= 0.6 is 58.0 Å². The molecule has 18 heavy (non-hydrogen) atoms. The van der Waals surface area contributed by atoms with Crippen molar-refractivity contribution in [2.24, 2.45) is 0 Å². The minimum absolute atomic E-state index is 0.114. The first-order chi connectivity index (χ1) is 8.41. The van der Waals surface area contributed by atoms with E-state index in [0.717, 1.165) is 0 Å². The Morgan fingerprint density at radius 2 is 1.28 bits per heavy atom. The molecule has 0 aliphatic heterocycles. The SMILES string of the molecule is Oc1c(Cl)ccc(-c2cc(Cl)c(Cl)cc2Cl)c1Cl. The molecule has 0 bridgehead atoms. The molecule has 0 saturated carbocycles. The molecule has 94 valence electrons. The third kappa shape index (κ3) is 2.52. The van der Waals surface area contributed by atoms with Crippen molar-refractivity contribution in [2.45, 2.75) is 0 Å². The number of phenolic OH excluding ortho intramolecular Hbond substituents is 1. The second-order valence-electron chi connectivity index (χ2n) is 3.50. The zero-order valence-electron chi connectivity index (χ0n) is 8.65. The van der Waals surface area contributed by atoms with Gasteiger partial charge in [-0.15, -0.1) is 0 Å². The monoisotopic (exact) mass is 340 g/mol. The number of aromatic hydroxyl groups is 1. The highest BCUT2D eigenvalue weighted by molar-refractivity contribution is 6.44. The van der Waals surface area contributed by atoms with Gasteiger partial charge in [-0.3, -0.25) is 0 Å². The Morgan fingerprint density at radius 3 is 1.94 bits per heavy atom. The van der Waals surface area contributed by atoms with E-state index in [4.69, 9.17) is 58.0 Å². The Balaban J connectivity index is 2.70. The minimum Gasteiger partial charge on any atom is -0.505 e. The quantitative estimate of drug-likeness (QED) is 0.601. The molecule has 0 saturated heterocycles. The molecule has 0 aliphatic rings. The molecule has 2 aromatic rings.